The van der Waals surface area contributed by atoms with Crippen LogP contribution in [-0.4, -0.2) is 50.1 Å². The Morgan fingerprint density at radius 2 is 2.07 bits per heavy atom. The number of hydrogen-bond acceptors (Lipinski definition) is 5. The topological polar surface area (TPSA) is 72.6 Å². The lowest BCUT2D eigenvalue weighted by Gasteiger charge is -2.33. The Balaban J connectivity index is 1.60. The highest BCUT2D eigenvalue weighted by Crippen LogP contribution is 2.24. The minimum absolute atomic E-state index is 0.167. The number of carbonyl (C=O) groups is 1. The molecule has 1 atom stereocenters. The molecule has 1 unspecified atom stereocenters. The molecule has 7 nitrogen and oxygen atoms in total. The Kier molecular flexibility index (Phi) is 4.57. The predicted molar refractivity (Wildman–Crippen MR) is 95.9 cm³/mol. The summed E-state index contributed by atoms with van der Waals surface area (Å²) in [4.78, 5) is 23.3. The third-order valence-corrected chi connectivity index (χ3v) is 4.69. The maximum Gasteiger partial charge on any atom is 0.272 e. The number of morpholine rings is 1. The van der Waals surface area contributed by atoms with Crippen LogP contribution in [0.3, 0.4) is 0 Å². The summed E-state index contributed by atoms with van der Waals surface area (Å²) in [6, 6.07) is 7.94. The zero-order valence-corrected chi connectivity index (χ0v) is 15.2. The van der Waals surface area contributed by atoms with Gasteiger partial charge in [0, 0.05) is 6.54 Å². The van der Waals surface area contributed by atoms with Crippen molar-refractivity contribution in [3.63, 3.8) is 0 Å². The number of aromatic nitrogens is 4. The number of rotatable bonds is 3. The van der Waals surface area contributed by atoms with Gasteiger partial charge in [-0.05, 0) is 29.7 Å². The summed E-state index contributed by atoms with van der Waals surface area (Å²) >= 11 is 0. The molecule has 2 aromatic heterocycles. The van der Waals surface area contributed by atoms with Crippen molar-refractivity contribution in [1.29, 1.82) is 0 Å². The van der Waals surface area contributed by atoms with Gasteiger partial charge in [-0.15, -0.1) is 0 Å². The summed E-state index contributed by atoms with van der Waals surface area (Å²) in [5.41, 5.74) is 2.07. The Labute approximate surface area is 155 Å². The molecule has 3 aromatic rings. The fourth-order valence-electron chi connectivity index (χ4n) is 3.23. The van der Waals surface area contributed by atoms with Gasteiger partial charge in [-0.1, -0.05) is 26.0 Å². The lowest BCUT2D eigenvalue weighted by molar-refractivity contribution is -0.0230. The summed E-state index contributed by atoms with van der Waals surface area (Å²) in [5.74, 6) is 0.112. The third-order valence-electron chi connectivity index (χ3n) is 4.69. The zero-order valence-electron chi connectivity index (χ0n) is 15.2. The van der Waals surface area contributed by atoms with E-state index in [9.17, 15) is 9.18 Å². The average molecular weight is 369 g/mol. The molecule has 0 aliphatic carbocycles. The lowest BCUT2D eigenvalue weighted by atomic mass is 10.1. The van der Waals surface area contributed by atoms with E-state index in [4.69, 9.17) is 4.74 Å². The van der Waals surface area contributed by atoms with E-state index in [2.05, 4.69) is 15.1 Å². The molecule has 0 saturated carbocycles. The van der Waals surface area contributed by atoms with E-state index in [-0.39, 0.29) is 23.7 Å². The molecule has 0 spiro atoms. The number of nitrogens with zero attached hydrogens (tertiary/aromatic N) is 5. The fraction of sp³-hybridized carbons (Fsp3) is 0.368. The van der Waals surface area contributed by atoms with Gasteiger partial charge in [0.2, 0.25) is 0 Å². The van der Waals surface area contributed by atoms with Crippen molar-refractivity contribution in [2.75, 3.05) is 19.7 Å². The molecule has 140 valence electrons. The second kappa shape index (κ2) is 7.03. The Hall–Kier alpha value is -2.87. The van der Waals surface area contributed by atoms with Gasteiger partial charge in [0.05, 0.1) is 18.8 Å². The van der Waals surface area contributed by atoms with Gasteiger partial charge in [0.25, 0.3) is 11.7 Å². The second-order valence-electron chi connectivity index (χ2n) is 6.85. The van der Waals surface area contributed by atoms with E-state index in [0.717, 1.165) is 11.3 Å². The van der Waals surface area contributed by atoms with Crippen LogP contribution >= 0.6 is 0 Å². The summed E-state index contributed by atoms with van der Waals surface area (Å²) in [6.07, 6.45) is 1.14. The lowest BCUT2D eigenvalue weighted by Crippen LogP contribution is -2.42. The summed E-state index contributed by atoms with van der Waals surface area (Å²) < 4.78 is 20.6. The van der Waals surface area contributed by atoms with Crippen molar-refractivity contribution in [2.45, 2.75) is 25.9 Å². The van der Waals surface area contributed by atoms with Crippen molar-refractivity contribution < 1.29 is 13.9 Å². The first kappa shape index (κ1) is 17.5. The fourth-order valence-corrected chi connectivity index (χ4v) is 3.23. The zero-order chi connectivity index (χ0) is 19.0. The first-order valence-electron chi connectivity index (χ1n) is 8.90. The van der Waals surface area contributed by atoms with Crippen molar-refractivity contribution in [3.05, 3.63) is 59.4 Å². The first-order valence-corrected chi connectivity index (χ1v) is 8.90. The molecular weight excluding hydrogens is 349 g/mol. The molecule has 1 aliphatic rings. The quantitative estimate of drug-likeness (QED) is 0.710. The van der Waals surface area contributed by atoms with Gasteiger partial charge in [-0.25, -0.2) is 13.9 Å². The van der Waals surface area contributed by atoms with Gasteiger partial charge in [-0.2, -0.15) is 10.1 Å². The predicted octanol–water partition coefficient (Wildman–Crippen LogP) is 2.60. The molecule has 1 aromatic carbocycles. The summed E-state index contributed by atoms with van der Waals surface area (Å²) in [7, 11) is 0. The van der Waals surface area contributed by atoms with E-state index in [1.165, 1.54) is 18.5 Å². The first-order chi connectivity index (χ1) is 13.0. The maximum absolute atomic E-state index is 13.2. The molecule has 3 heterocycles. The highest BCUT2D eigenvalue weighted by Gasteiger charge is 2.28. The van der Waals surface area contributed by atoms with Gasteiger partial charge in [-0.3, -0.25) is 4.79 Å². The molecule has 8 heteroatoms. The minimum Gasteiger partial charge on any atom is -0.370 e. The van der Waals surface area contributed by atoms with Crippen LogP contribution in [0.5, 0.6) is 0 Å². The molecule has 1 fully saturated rings. The van der Waals surface area contributed by atoms with Crippen LogP contribution < -0.4 is 0 Å². The van der Waals surface area contributed by atoms with Crippen molar-refractivity contribution in [3.8, 4) is 0 Å². The number of fused-ring (bicyclic) bond motifs is 1. The molecule has 0 N–H and O–H groups in total. The minimum atomic E-state index is -0.297. The molecule has 1 saturated heterocycles. The van der Waals surface area contributed by atoms with Crippen LogP contribution in [-0.2, 0) is 4.74 Å². The molecular formula is C19H20FN5O2. The summed E-state index contributed by atoms with van der Waals surface area (Å²) in [5, 5.41) is 4.18. The van der Waals surface area contributed by atoms with Crippen LogP contribution in [0.15, 0.2) is 36.7 Å². The third kappa shape index (κ3) is 3.40. The number of amides is 1. The summed E-state index contributed by atoms with van der Waals surface area (Å²) in [6.45, 7) is 5.35. The molecule has 0 bridgehead atoms. The normalized spacial score (nSPS) is 17.6. The number of ether oxygens (including phenoxy) is 1. The number of benzene rings is 1. The van der Waals surface area contributed by atoms with E-state index in [0.29, 0.717) is 31.2 Å². The van der Waals surface area contributed by atoms with Gasteiger partial charge in [0.1, 0.15) is 23.9 Å². The van der Waals surface area contributed by atoms with E-state index < -0.39 is 0 Å². The molecule has 27 heavy (non-hydrogen) atoms. The SMILES string of the molecule is CC(C)c1cc(C(=O)N2CCOC(c3ccc(F)cc3)C2)nc2ncnn12. The van der Waals surface area contributed by atoms with Crippen LogP contribution in [0, 0.1) is 5.82 Å². The number of carbonyl (C=O) groups excluding carboxylic acids is 1. The Morgan fingerprint density at radius 3 is 2.81 bits per heavy atom. The monoisotopic (exact) mass is 369 g/mol. The maximum atomic E-state index is 13.2. The average Bonchev–Trinajstić information content (AvgIpc) is 3.15. The van der Waals surface area contributed by atoms with Crippen molar-refractivity contribution in [2.24, 2.45) is 0 Å². The second-order valence-corrected chi connectivity index (χ2v) is 6.85. The van der Waals surface area contributed by atoms with E-state index >= 15 is 0 Å². The molecule has 0 radical (unpaired) electrons. The smallest absolute Gasteiger partial charge is 0.272 e. The standard InChI is InChI=1S/C19H20FN5O2/c1-12(2)16-9-15(23-19-21-11-22-25(16)19)18(26)24-7-8-27-17(10-24)13-3-5-14(20)6-4-13/h3-6,9,11-12,17H,7-8,10H2,1-2H3. The highest BCUT2D eigenvalue weighted by molar-refractivity contribution is 5.93. The molecule has 1 amide bonds. The molecule has 4 rings (SSSR count). The van der Waals surface area contributed by atoms with E-state index in [1.807, 2.05) is 13.8 Å². The van der Waals surface area contributed by atoms with Crippen molar-refractivity contribution in [1.82, 2.24) is 24.5 Å². The Morgan fingerprint density at radius 1 is 1.30 bits per heavy atom. The number of hydrogen-bond donors (Lipinski definition) is 0. The van der Waals surface area contributed by atoms with Gasteiger partial charge < -0.3 is 9.64 Å². The van der Waals surface area contributed by atoms with Gasteiger partial charge >= 0.3 is 0 Å². The highest BCUT2D eigenvalue weighted by atomic mass is 19.1. The Bertz CT molecular complexity index is 970. The van der Waals surface area contributed by atoms with E-state index in [1.54, 1.807) is 27.6 Å². The van der Waals surface area contributed by atoms with Gasteiger partial charge in [0.15, 0.2) is 0 Å². The largest absolute Gasteiger partial charge is 0.370 e. The van der Waals surface area contributed by atoms with Crippen LogP contribution in [0.1, 0.15) is 47.6 Å². The van der Waals surface area contributed by atoms with Crippen LogP contribution in [0.4, 0.5) is 4.39 Å². The number of halogens is 1. The molecule has 1 aliphatic heterocycles. The van der Waals surface area contributed by atoms with Crippen LogP contribution in [0.25, 0.3) is 5.78 Å². The van der Waals surface area contributed by atoms with Crippen LogP contribution in [0.2, 0.25) is 0 Å². The van der Waals surface area contributed by atoms with Crippen molar-refractivity contribution >= 4 is 11.7 Å².